The number of hydrogen-bond donors (Lipinski definition) is 2. The van der Waals surface area contributed by atoms with Gasteiger partial charge in [-0.2, -0.15) is 0 Å². The Morgan fingerprint density at radius 3 is 2.33 bits per heavy atom. The van der Waals surface area contributed by atoms with Gasteiger partial charge in [0.05, 0.1) is 23.4 Å². The molecule has 4 aliphatic carbocycles. The maximum Gasteiger partial charge on any atom is 0.255 e. The van der Waals surface area contributed by atoms with Crippen molar-refractivity contribution in [3.8, 4) is 5.75 Å². The van der Waals surface area contributed by atoms with E-state index in [2.05, 4.69) is 10.2 Å². The largest absolute Gasteiger partial charge is 0.496 e. The fourth-order valence-corrected chi connectivity index (χ4v) is 7.54. The molecule has 1 heterocycles. The zero-order chi connectivity index (χ0) is 20.9. The first-order valence-electron chi connectivity index (χ1n) is 11.6. The maximum atomic E-state index is 12.8. The molecular formula is C24H34ClN3O2. The molecule has 6 rings (SSSR count). The second-order valence-electron chi connectivity index (χ2n) is 10.5. The van der Waals surface area contributed by atoms with E-state index in [1.165, 1.54) is 45.1 Å². The van der Waals surface area contributed by atoms with Gasteiger partial charge in [0.25, 0.3) is 5.91 Å². The first kappa shape index (κ1) is 20.4. The van der Waals surface area contributed by atoms with Gasteiger partial charge in [0, 0.05) is 31.7 Å². The summed E-state index contributed by atoms with van der Waals surface area (Å²) < 4.78 is 5.34. The van der Waals surface area contributed by atoms with Crippen molar-refractivity contribution < 1.29 is 9.53 Å². The molecule has 30 heavy (non-hydrogen) atoms. The van der Waals surface area contributed by atoms with E-state index in [0.717, 1.165) is 43.7 Å². The van der Waals surface area contributed by atoms with Crippen LogP contribution in [0.1, 0.15) is 61.7 Å². The molecule has 0 radical (unpaired) electrons. The maximum absolute atomic E-state index is 12.8. The van der Waals surface area contributed by atoms with E-state index in [0.29, 0.717) is 27.4 Å². The topological polar surface area (TPSA) is 67.6 Å². The Hall–Kier alpha value is -1.46. The van der Waals surface area contributed by atoms with Gasteiger partial charge in [0.1, 0.15) is 5.75 Å². The molecule has 6 heteroatoms. The van der Waals surface area contributed by atoms with Gasteiger partial charge in [-0.1, -0.05) is 11.6 Å². The number of likely N-dealkylation sites (tertiary alicyclic amines) is 1. The number of halogens is 1. The summed E-state index contributed by atoms with van der Waals surface area (Å²) >= 11 is 6.13. The summed E-state index contributed by atoms with van der Waals surface area (Å²) in [5.74, 6) is 3.36. The van der Waals surface area contributed by atoms with Gasteiger partial charge in [-0.05, 0) is 80.6 Å². The lowest BCUT2D eigenvalue weighted by Crippen LogP contribution is -2.53. The van der Waals surface area contributed by atoms with Crippen LogP contribution in [-0.2, 0) is 0 Å². The smallest absolute Gasteiger partial charge is 0.255 e. The van der Waals surface area contributed by atoms with Crippen molar-refractivity contribution in [3.05, 3.63) is 22.7 Å². The molecule has 4 saturated carbocycles. The summed E-state index contributed by atoms with van der Waals surface area (Å²) in [4.78, 5) is 15.5. The summed E-state index contributed by atoms with van der Waals surface area (Å²) in [7, 11) is 1.54. The molecule has 5 nitrogen and oxygen atoms in total. The average Bonchev–Trinajstić information content (AvgIpc) is 2.70. The lowest BCUT2D eigenvalue weighted by molar-refractivity contribution is -0.0716. The van der Waals surface area contributed by atoms with Gasteiger partial charge in [-0.3, -0.25) is 4.79 Å². The highest BCUT2D eigenvalue weighted by Gasteiger charge is 2.51. The van der Waals surface area contributed by atoms with Gasteiger partial charge >= 0.3 is 0 Å². The Balaban J connectivity index is 1.16. The molecular weight excluding hydrogens is 398 g/mol. The van der Waals surface area contributed by atoms with Crippen molar-refractivity contribution in [1.82, 2.24) is 10.2 Å². The highest BCUT2D eigenvalue weighted by Crippen LogP contribution is 2.60. The number of anilines is 1. The number of carbonyl (C=O) groups excluding carboxylic acids is 1. The van der Waals surface area contributed by atoms with Crippen LogP contribution in [-0.4, -0.2) is 43.6 Å². The Kier molecular flexibility index (Phi) is 5.39. The van der Waals surface area contributed by atoms with Crippen LogP contribution in [0.2, 0.25) is 5.02 Å². The molecule has 0 unspecified atom stereocenters. The van der Waals surface area contributed by atoms with E-state index in [1.54, 1.807) is 19.2 Å². The van der Waals surface area contributed by atoms with Crippen molar-refractivity contribution in [1.29, 1.82) is 0 Å². The molecule has 3 N–H and O–H groups in total. The number of methoxy groups -OCH3 is 1. The fraction of sp³-hybridized carbons (Fsp3) is 0.708. The predicted molar refractivity (Wildman–Crippen MR) is 120 cm³/mol. The summed E-state index contributed by atoms with van der Waals surface area (Å²) in [6.45, 7) is 3.43. The average molecular weight is 432 g/mol. The number of amides is 1. The molecule has 4 bridgehead atoms. The quantitative estimate of drug-likeness (QED) is 0.680. The van der Waals surface area contributed by atoms with E-state index in [4.69, 9.17) is 22.1 Å². The van der Waals surface area contributed by atoms with Crippen LogP contribution in [0, 0.1) is 23.2 Å². The van der Waals surface area contributed by atoms with E-state index in [1.807, 2.05) is 0 Å². The highest BCUT2D eigenvalue weighted by molar-refractivity contribution is 6.33. The van der Waals surface area contributed by atoms with E-state index in [9.17, 15) is 4.79 Å². The molecule has 1 aliphatic heterocycles. The van der Waals surface area contributed by atoms with Gasteiger partial charge in [-0.25, -0.2) is 0 Å². The van der Waals surface area contributed by atoms with E-state index < -0.39 is 0 Å². The molecule has 0 aromatic heterocycles. The Labute approximate surface area is 184 Å². The van der Waals surface area contributed by atoms with Crippen molar-refractivity contribution in [2.75, 3.05) is 32.5 Å². The molecule has 1 aromatic rings. The lowest BCUT2D eigenvalue weighted by Gasteiger charge is -2.58. The molecule has 1 amide bonds. The molecule has 1 saturated heterocycles. The third-order valence-corrected chi connectivity index (χ3v) is 8.54. The third-order valence-electron chi connectivity index (χ3n) is 8.21. The molecule has 5 aliphatic rings. The van der Waals surface area contributed by atoms with Crippen LogP contribution >= 0.6 is 11.6 Å². The Bertz CT molecular complexity index is 784. The monoisotopic (exact) mass is 431 g/mol. The number of ether oxygens (including phenoxy) is 1. The zero-order valence-corrected chi connectivity index (χ0v) is 18.7. The molecule has 1 aromatic carbocycles. The molecule has 0 atom stereocenters. The molecule has 164 valence electrons. The molecule has 0 spiro atoms. The van der Waals surface area contributed by atoms with E-state index in [-0.39, 0.29) is 11.9 Å². The number of rotatable bonds is 5. The minimum absolute atomic E-state index is 0.131. The van der Waals surface area contributed by atoms with Gasteiger partial charge in [0.2, 0.25) is 0 Å². The summed E-state index contributed by atoms with van der Waals surface area (Å²) in [5, 5.41) is 3.57. The first-order valence-corrected chi connectivity index (χ1v) is 12.0. The minimum Gasteiger partial charge on any atom is -0.496 e. The lowest BCUT2D eigenvalue weighted by atomic mass is 9.49. The second kappa shape index (κ2) is 7.90. The van der Waals surface area contributed by atoms with Gasteiger partial charge in [-0.15, -0.1) is 0 Å². The number of nitrogens with zero attached hydrogens (tertiary/aromatic N) is 1. The standard InChI is InChI=1S/C24H34ClN3O2/c1-30-22-10-21(26)20(25)9-19(22)23(29)27-18-2-4-28(5-3-18)14-24-11-15-6-16(12-24)8-17(7-15)13-24/h9-10,15-18H,2-8,11-14,26H2,1H3,(H,27,29). The Morgan fingerprint density at radius 2 is 1.77 bits per heavy atom. The van der Waals surface area contributed by atoms with Crippen LogP contribution in [0.15, 0.2) is 12.1 Å². The van der Waals surface area contributed by atoms with Crippen LogP contribution in [0.3, 0.4) is 0 Å². The predicted octanol–water partition coefficient (Wildman–Crippen LogP) is 4.34. The highest BCUT2D eigenvalue weighted by atomic mass is 35.5. The summed E-state index contributed by atoms with van der Waals surface area (Å²) in [6, 6.07) is 3.42. The van der Waals surface area contributed by atoms with Crippen molar-refractivity contribution >= 4 is 23.2 Å². The van der Waals surface area contributed by atoms with Crippen LogP contribution < -0.4 is 15.8 Å². The minimum atomic E-state index is -0.131. The van der Waals surface area contributed by atoms with Crippen LogP contribution in [0.25, 0.3) is 0 Å². The zero-order valence-electron chi connectivity index (χ0n) is 18.0. The summed E-state index contributed by atoms with van der Waals surface area (Å²) in [6.07, 6.45) is 10.9. The number of nitrogens with one attached hydrogen (secondary N) is 1. The van der Waals surface area contributed by atoms with Gasteiger partial charge in [0.15, 0.2) is 0 Å². The van der Waals surface area contributed by atoms with Crippen molar-refractivity contribution in [3.63, 3.8) is 0 Å². The number of carbonyl (C=O) groups is 1. The van der Waals surface area contributed by atoms with Crippen LogP contribution in [0.5, 0.6) is 5.75 Å². The number of benzene rings is 1. The number of nitrogen functional groups attached to an aromatic ring is 1. The second-order valence-corrected chi connectivity index (χ2v) is 10.9. The normalized spacial score (nSPS) is 33.6. The first-order chi connectivity index (χ1) is 14.4. The SMILES string of the molecule is COc1cc(N)c(Cl)cc1C(=O)NC1CCN(CC23CC4CC(CC(C4)C2)C3)CC1. The molecule has 5 fully saturated rings. The van der Waals surface area contributed by atoms with Gasteiger partial charge < -0.3 is 20.7 Å². The Morgan fingerprint density at radius 1 is 1.17 bits per heavy atom. The van der Waals surface area contributed by atoms with Crippen LogP contribution in [0.4, 0.5) is 5.69 Å². The van der Waals surface area contributed by atoms with Crippen molar-refractivity contribution in [2.24, 2.45) is 23.2 Å². The number of nitrogens with two attached hydrogens (primary N) is 1. The van der Waals surface area contributed by atoms with E-state index >= 15 is 0 Å². The van der Waals surface area contributed by atoms with Crippen molar-refractivity contribution in [2.45, 2.75) is 57.4 Å². The number of hydrogen-bond acceptors (Lipinski definition) is 4. The summed E-state index contributed by atoms with van der Waals surface area (Å²) in [5.41, 5.74) is 7.31. The number of piperidine rings is 1. The third kappa shape index (κ3) is 3.91. The fourth-order valence-electron chi connectivity index (χ4n) is 7.37.